The SMILES string of the molecule is COc1ccc(-c2csc(NC(=O)Nc3cnccn3)n2)cc1OC. The normalized spacial score (nSPS) is 10.2. The van der Waals surface area contributed by atoms with Crippen LogP contribution in [0, 0.1) is 0 Å². The summed E-state index contributed by atoms with van der Waals surface area (Å²) >= 11 is 1.32. The molecule has 3 aromatic rings. The van der Waals surface area contributed by atoms with Crippen molar-refractivity contribution in [1.82, 2.24) is 15.0 Å². The van der Waals surface area contributed by atoms with E-state index in [1.165, 1.54) is 29.9 Å². The van der Waals surface area contributed by atoms with E-state index in [2.05, 4.69) is 25.6 Å². The number of amides is 2. The molecule has 0 bridgehead atoms. The molecule has 0 spiro atoms. The van der Waals surface area contributed by atoms with E-state index >= 15 is 0 Å². The van der Waals surface area contributed by atoms with E-state index < -0.39 is 6.03 Å². The van der Waals surface area contributed by atoms with Gasteiger partial charge in [-0.15, -0.1) is 11.3 Å². The third kappa shape index (κ3) is 4.01. The van der Waals surface area contributed by atoms with E-state index in [0.717, 1.165) is 11.3 Å². The molecule has 2 amide bonds. The van der Waals surface area contributed by atoms with Gasteiger partial charge in [-0.25, -0.2) is 14.8 Å². The smallest absolute Gasteiger partial charge is 0.326 e. The highest BCUT2D eigenvalue weighted by atomic mass is 32.1. The summed E-state index contributed by atoms with van der Waals surface area (Å²) in [4.78, 5) is 24.2. The van der Waals surface area contributed by atoms with Crippen molar-refractivity contribution in [3.63, 3.8) is 0 Å². The minimum atomic E-state index is -0.436. The molecule has 0 aliphatic carbocycles. The summed E-state index contributed by atoms with van der Waals surface area (Å²) in [5, 5.41) is 7.56. The number of carbonyl (C=O) groups excluding carboxylic acids is 1. The second-order valence-corrected chi connectivity index (χ2v) is 5.64. The van der Waals surface area contributed by atoms with Crippen molar-refractivity contribution >= 4 is 28.3 Å². The summed E-state index contributed by atoms with van der Waals surface area (Å²) < 4.78 is 10.5. The molecular formula is C16H15N5O3S. The van der Waals surface area contributed by atoms with E-state index in [9.17, 15) is 4.79 Å². The predicted octanol–water partition coefficient (Wildman–Crippen LogP) is 3.26. The lowest BCUT2D eigenvalue weighted by molar-refractivity contribution is 0.262. The lowest BCUT2D eigenvalue weighted by Gasteiger charge is -2.08. The zero-order valence-electron chi connectivity index (χ0n) is 13.5. The van der Waals surface area contributed by atoms with Crippen LogP contribution in [0.4, 0.5) is 15.7 Å². The molecule has 1 aromatic carbocycles. The van der Waals surface area contributed by atoms with Gasteiger partial charge in [-0.1, -0.05) is 0 Å². The summed E-state index contributed by atoms with van der Waals surface area (Å²) in [7, 11) is 3.16. The maximum absolute atomic E-state index is 12.0. The van der Waals surface area contributed by atoms with Crippen molar-refractivity contribution in [2.24, 2.45) is 0 Å². The van der Waals surface area contributed by atoms with Crippen LogP contribution in [0.5, 0.6) is 11.5 Å². The molecule has 0 saturated heterocycles. The molecule has 3 rings (SSSR count). The van der Waals surface area contributed by atoms with Crippen molar-refractivity contribution in [2.75, 3.05) is 24.9 Å². The van der Waals surface area contributed by atoms with Crippen molar-refractivity contribution in [2.45, 2.75) is 0 Å². The Labute approximate surface area is 147 Å². The van der Waals surface area contributed by atoms with E-state index in [0.29, 0.717) is 22.4 Å². The second kappa shape index (κ2) is 7.58. The number of anilines is 2. The number of methoxy groups -OCH3 is 2. The number of rotatable bonds is 5. The van der Waals surface area contributed by atoms with Crippen LogP contribution >= 0.6 is 11.3 Å². The number of urea groups is 1. The van der Waals surface area contributed by atoms with Crippen LogP contribution in [0.2, 0.25) is 0 Å². The van der Waals surface area contributed by atoms with Gasteiger partial charge in [-0.05, 0) is 18.2 Å². The van der Waals surface area contributed by atoms with Gasteiger partial charge in [-0.3, -0.25) is 15.6 Å². The highest BCUT2D eigenvalue weighted by molar-refractivity contribution is 7.14. The largest absolute Gasteiger partial charge is 0.493 e. The molecule has 0 atom stereocenters. The van der Waals surface area contributed by atoms with Crippen LogP contribution in [0.1, 0.15) is 0 Å². The fourth-order valence-corrected chi connectivity index (χ4v) is 2.78. The molecule has 0 aliphatic rings. The van der Waals surface area contributed by atoms with Gasteiger partial charge in [-0.2, -0.15) is 0 Å². The van der Waals surface area contributed by atoms with Gasteiger partial charge in [0.2, 0.25) is 0 Å². The number of hydrogen-bond acceptors (Lipinski definition) is 7. The molecule has 0 fully saturated rings. The molecular weight excluding hydrogens is 342 g/mol. The van der Waals surface area contributed by atoms with Crippen molar-refractivity contribution in [3.8, 4) is 22.8 Å². The Balaban J connectivity index is 1.71. The fourth-order valence-electron chi connectivity index (χ4n) is 2.07. The number of thiazole rings is 1. The molecule has 9 heteroatoms. The number of benzene rings is 1. The van der Waals surface area contributed by atoms with Crippen LogP contribution in [-0.4, -0.2) is 35.2 Å². The lowest BCUT2D eigenvalue weighted by atomic mass is 10.1. The second-order valence-electron chi connectivity index (χ2n) is 4.78. The van der Waals surface area contributed by atoms with Crippen molar-refractivity contribution < 1.29 is 14.3 Å². The first-order valence-electron chi connectivity index (χ1n) is 7.21. The Morgan fingerprint density at radius 3 is 2.68 bits per heavy atom. The molecule has 25 heavy (non-hydrogen) atoms. The highest BCUT2D eigenvalue weighted by Gasteiger charge is 2.11. The third-order valence-electron chi connectivity index (χ3n) is 3.21. The molecule has 2 N–H and O–H groups in total. The zero-order valence-corrected chi connectivity index (χ0v) is 14.3. The minimum absolute atomic E-state index is 0.358. The molecule has 0 saturated carbocycles. The summed E-state index contributed by atoms with van der Waals surface area (Å²) in [6.45, 7) is 0. The maximum atomic E-state index is 12.0. The van der Waals surface area contributed by atoms with Gasteiger partial charge in [0.15, 0.2) is 22.4 Å². The molecule has 0 aliphatic heterocycles. The van der Waals surface area contributed by atoms with Gasteiger partial charge in [0.05, 0.1) is 26.1 Å². The van der Waals surface area contributed by atoms with Crippen LogP contribution in [0.15, 0.2) is 42.2 Å². The van der Waals surface area contributed by atoms with Crippen LogP contribution in [0.25, 0.3) is 11.3 Å². The van der Waals surface area contributed by atoms with E-state index in [4.69, 9.17) is 9.47 Å². The molecule has 0 unspecified atom stereocenters. The van der Waals surface area contributed by atoms with Crippen LogP contribution < -0.4 is 20.1 Å². The number of nitrogens with one attached hydrogen (secondary N) is 2. The summed E-state index contributed by atoms with van der Waals surface area (Å²) in [6.07, 6.45) is 4.48. The van der Waals surface area contributed by atoms with Crippen molar-refractivity contribution in [3.05, 3.63) is 42.2 Å². The predicted molar refractivity (Wildman–Crippen MR) is 95.3 cm³/mol. The number of nitrogens with zero attached hydrogens (tertiary/aromatic N) is 3. The van der Waals surface area contributed by atoms with E-state index in [1.54, 1.807) is 20.3 Å². The molecule has 2 aromatic heterocycles. The van der Waals surface area contributed by atoms with E-state index in [-0.39, 0.29) is 0 Å². The molecule has 2 heterocycles. The zero-order chi connectivity index (χ0) is 17.6. The van der Waals surface area contributed by atoms with Gasteiger partial charge in [0, 0.05) is 23.3 Å². The first kappa shape index (κ1) is 16.7. The molecule has 128 valence electrons. The third-order valence-corrected chi connectivity index (χ3v) is 3.97. The van der Waals surface area contributed by atoms with Gasteiger partial charge in [0.25, 0.3) is 0 Å². The Morgan fingerprint density at radius 1 is 1.12 bits per heavy atom. The Morgan fingerprint density at radius 2 is 1.96 bits per heavy atom. The summed E-state index contributed by atoms with van der Waals surface area (Å²) in [5.41, 5.74) is 1.58. The first-order chi connectivity index (χ1) is 12.2. The fraction of sp³-hybridized carbons (Fsp3) is 0.125. The number of ether oxygens (including phenoxy) is 2. The van der Waals surface area contributed by atoms with Gasteiger partial charge < -0.3 is 9.47 Å². The number of aromatic nitrogens is 3. The minimum Gasteiger partial charge on any atom is -0.493 e. The summed E-state index contributed by atoms with van der Waals surface area (Å²) in [5.74, 6) is 1.61. The molecule has 0 radical (unpaired) electrons. The number of hydrogen-bond donors (Lipinski definition) is 2. The monoisotopic (exact) mass is 357 g/mol. The highest BCUT2D eigenvalue weighted by Crippen LogP contribution is 2.33. The topological polar surface area (TPSA) is 98.3 Å². The Kier molecular flexibility index (Phi) is 5.05. The van der Waals surface area contributed by atoms with Gasteiger partial charge >= 0.3 is 6.03 Å². The first-order valence-corrected chi connectivity index (χ1v) is 8.09. The standard InChI is InChI=1S/C16H15N5O3S/c1-23-12-4-3-10(7-13(12)24-2)11-9-25-16(19-11)21-15(22)20-14-8-17-5-6-18-14/h3-9H,1-2H3,(H2,18,19,20,21,22). The van der Waals surface area contributed by atoms with E-state index in [1.807, 2.05) is 17.5 Å². The Hall–Kier alpha value is -3.20. The number of carbonyl (C=O) groups is 1. The van der Waals surface area contributed by atoms with Crippen molar-refractivity contribution in [1.29, 1.82) is 0 Å². The lowest BCUT2D eigenvalue weighted by Crippen LogP contribution is -2.20. The van der Waals surface area contributed by atoms with Gasteiger partial charge in [0.1, 0.15) is 0 Å². The van der Waals surface area contributed by atoms with Crippen LogP contribution in [-0.2, 0) is 0 Å². The Bertz CT molecular complexity index is 869. The molecule has 8 nitrogen and oxygen atoms in total. The quantitative estimate of drug-likeness (QED) is 0.727. The maximum Gasteiger partial charge on any atom is 0.326 e. The van der Waals surface area contributed by atoms with Crippen LogP contribution in [0.3, 0.4) is 0 Å². The average molecular weight is 357 g/mol. The summed E-state index contributed by atoms with van der Waals surface area (Å²) in [6, 6.07) is 5.08. The average Bonchev–Trinajstić information content (AvgIpc) is 3.10.